The minimum atomic E-state index is -0.727. The van der Waals surface area contributed by atoms with E-state index < -0.39 is 23.3 Å². The standard InChI is InChI=1S/C64H40F4N2/c65-55-37-49(43-17-9-3-10-18-43)38-56(66)63(55)69(51-29-21-45(22-30-51)41-13-5-1-6-14-41)59-35-27-47-26-34-54-60(36-28-48-25-33-53(59)61(47)62(48)54)70(52-31-23-46(24-32-52)42-15-7-2-8-16-42)64-57(67)39-50(40-58(64)68)44-19-11-4-12-20-44/h1-40H. The molecule has 0 heterocycles. The van der Waals surface area contributed by atoms with Crippen molar-refractivity contribution in [2.45, 2.75) is 0 Å². The summed E-state index contributed by atoms with van der Waals surface area (Å²) in [5, 5.41) is 4.90. The van der Waals surface area contributed by atoms with Gasteiger partial charge in [0.15, 0.2) is 23.3 Å². The van der Waals surface area contributed by atoms with Crippen LogP contribution in [0.3, 0.4) is 0 Å². The van der Waals surface area contributed by atoms with E-state index in [1.54, 1.807) is 9.80 Å². The van der Waals surface area contributed by atoms with Crippen molar-refractivity contribution in [3.05, 3.63) is 266 Å². The van der Waals surface area contributed by atoms with Gasteiger partial charge in [-0.05, 0) is 127 Å². The molecule has 0 radical (unpaired) electrons. The van der Waals surface area contributed by atoms with E-state index in [1.165, 1.54) is 24.3 Å². The van der Waals surface area contributed by atoms with Gasteiger partial charge in [-0.3, -0.25) is 0 Å². The van der Waals surface area contributed by atoms with E-state index >= 15 is 17.6 Å². The lowest BCUT2D eigenvalue weighted by atomic mass is 9.91. The molecule has 0 spiro atoms. The van der Waals surface area contributed by atoms with E-state index in [1.807, 2.05) is 218 Å². The zero-order chi connectivity index (χ0) is 47.3. The van der Waals surface area contributed by atoms with Crippen LogP contribution < -0.4 is 9.80 Å². The van der Waals surface area contributed by atoms with Gasteiger partial charge in [-0.2, -0.15) is 0 Å². The molecule has 0 fully saturated rings. The van der Waals surface area contributed by atoms with Crippen LogP contribution in [0.4, 0.5) is 51.7 Å². The molecule has 0 aliphatic heterocycles. The molecule has 12 rings (SSSR count). The van der Waals surface area contributed by atoms with E-state index in [0.29, 0.717) is 45.0 Å². The first kappa shape index (κ1) is 42.4. The van der Waals surface area contributed by atoms with Gasteiger partial charge in [0.1, 0.15) is 11.4 Å². The Morgan fingerprint density at radius 2 is 0.514 bits per heavy atom. The van der Waals surface area contributed by atoms with Gasteiger partial charge in [-0.15, -0.1) is 0 Å². The van der Waals surface area contributed by atoms with Gasteiger partial charge in [-0.1, -0.05) is 182 Å². The van der Waals surface area contributed by atoms with Crippen LogP contribution in [-0.4, -0.2) is 0 Å². The molecule has 12 aromatic rings. The largest absolute Gasteiger partial charge is 0.305 e. The molecular formula is C64H40F4N2. The summed E-state index contributed by atoms with van der Waals surface area (Å²) in [6, 6.07) is 74.9. The maximum Gasteiger partial charge on any atom is 0.150 e. The highest BCUT2D eigenvalue weighted by Crippen LogP contribution is 2.50. The van der Waals surface area contributed by atoms with Crippen molar-refractivity contribution in [3.8, 4) is 44.5 Å². The summed E-state index contributed by atoms with van der Waals surface area (Å²) >= 11 is 0. The SMILES string of the molecule is Fc1cc(-c2ccccc2)cc(F)c1N(c1ccc(-c2ccccc2)cc1)c1ccc2ccc3c(N(c4ccc(-c5ccccc5)cc4)c4c(F)cc(-c5ccccc5)cc4F)ccc4ccc1c2c43. The van der Waals surface area contributed by atoms with Crippen LogP contribution in [0.25, 0.3) is 76.8 Å². The number of hydrogen-bond donors (Lipinski definition) is 0. The molecule has 0 saturated carbocycles. The zero-order valence-corrected chi connectivity index (χ0v) is 37.5. The third-order valence-electron chi connectivity index (χ3n) is 13.3. The molecular weight excluding hydrogens is 873 g/mol. The fraction of sp³-hybridized carbons (Fsp3) is 0. The van der Waals surface area contributed by atoms with Gasteiger partial charge < -0.3 is 9.80 Å². The van der Waals surface area contributed by atoms with E-state index in [2.05, 4.69) is 0 Å². The number of benzene rings is 12. The number of halogens is 4. The predicted octanol–water partition coefficient (Wildman–Crippen LogP) is 18.7. The lowest BCUT2D eigenvalue weighted by molar-refractivity contribution is 0.586. The van der Waals surface area contributed by atoms with Gasteiger partial charge in [0.05, 0.1) is 11.4 Å². The maximum atomic E-state index is 17.0. The van der Waals surface area contributed by atoms with Crippen LogP contribution in [0.15, 0.2) is 243 Å². The molecule has 0 N–H and O–H groups in total. The van der Waals surface area contributed by atoms with Gasteiger partial charge >= 0.3 is 0 Å². The van der Waals surface area contributed by atoms with E-state index in [0.717, 1.165) is 54.6 Å². The Balaban J connectivity index is 1.07. The quantitative estimate of drug-likeness (QED) is 0.0996. The Morgan fingerprint density at radius 3 is 0.829 bits per heavy atom. The van der Waals surface area contributed by atoms with Crippen molar-refractivity contribution >= 4 is 66.4 Å². The van der Waals surface area contributed by atoms with E-state index in [4.69, 9.17) is 0 Å². The van der Waals surface area contributed by atoms with Crippen molar-refractivity contribution in [3.63, 3.8) is 0 Å². The van der Waals surface area contributed by atoms with Crippen molar-refractivity contribution < 1.29 is 17.6 Å². The van der Waals surface area contributed by atoms with E-state index in [-0.39, 0.29) is 11.4 Å². The molecule has 2 nitrogen and oxygen atoms in total. The molecule has 70 heavy (non-hydrogen) atoms. The molecule has 0 saturated heterocycles. The summed E-state index contributed by atoms with van der Waals surface area (Å²) in [5.41, 5.74) is 7.90. The molecule has 0 aliphatic carbocycles. The van der Waals surface area contributed by atoms with Gasteiger partial charge in [0, 0.05) is 22.1 Å². The third-order valence-corrected chi connectivity index (χ3v) is 13.3. The van der Waals surface area contributed by atoms with Crippen molar-refractivity contribution in [1.29, 1.82) is 0 Å². The predicted molar refractivity (Wildman–Crippen MR) is 281 cm³/mol. The fourth-order valence-corrected chi connectivity index (χ4v) is 9.96. The van der Waals surface area contributed by atoms with Crippen molar-refractivity contribution in [1.82, 2.24) is 0 Å². The smallest absolute Gasteiger partial charge is 0.150 e. The van der Waals surface area contributed by atoms with Crippen LogP contribution in [0.5, 0.6) is 0 Å². The third kappa shape index (κ3) is 7.47. The Bertz CT molecular complexity index is 3540. The highest BCUT2D eigenvalue weighted by atomic mass is 19.1. The highest BCUT2D eigenvalue weighted by Gasteiger charge is 2.28. The zero-order valence-electron chi connectivity index (χ0n) is 37.5. The summed E-state index contributed by atoms with van der Waals surface area (Å²) in [6.45, 7) is 0. The molecule has 6 heteroatoms. The van der Waals surface area contributed by atoms with Crippen LogP contribution in [0.1, 0.15) is 0 Å². The maximum absolute atomic E-state index is 17.0. The average molecular weight is 913 g/mol. The number of hydrogen-bond acceptors (Lipinski definition) is 2. The molecule has 0 aromatic heterocycles. The Kier molecular flexibility index (Phi) is 10.6. The fourth-order valence-electron chi connectivity index (χ4n) is 9.96. The molecule has 0 aliphatic rings. The Morgan fingerprint density at radius 1 is 0.243 bits per heavy atom. The summed E-state index contributed by atoms with van der Waals surface area (Å²) in [7, 11) is 0. The monoisotopic (exact) mass is 912 g/mol. The van der Waals surface area contributed by atoms with Gasteiger partial charge in [-0.25, -0.2) is 17.6 Å². The molecule has 12 aromatic carbocycles. The van der Waals surface area contributed by atoms with Crippen LogP contribution in [0, 0.1) is 23.3 Å². The first-order chi connectivity index (χ1) is 34.4. The summed E-state index contributed by atoms with van der Waals surface area (Å²) in [5.74, 6) is -2.91. The average Bonchev–Trinajstić information content (AvgIpc) is 3.41. The second kappa shape index (κ2) is 17.6. The molecule has 0 atom stereocenters. The lowest BCUT2D eigenvalue weighted by Crippen LogP contribution is -2.15. The molecule has 0 amide bonds. The van der Waals surface area contributed by atoms with E-state index in [9.17, 15) is 0 Å². The first-order valence-corrected chi connectivity index (χ1v) is 23.1. The van der Waals surface area contributed by atoms with Gasteiger partial charge in [0.25, 0.3) is 0 Å². The number of rotatable bonds is 10. The topological polar surface area (TPSA) is 6.48 Å². The molecule has 0 bridgehead atoms. The molecule has 0 unspecified atom stereocenters. The van der Waals surface area contributed by atoms with Crippen molar-refractivity contribution in [2.75, 3.05) is 9.80 Å². The first-order valence-electron chi connectivity index (χ1n) is 23.1. The second-order valence-corrected chi connectivity index (χ2v) is 17.4. The minimum Gasteiger partial charge on any atom is -0.305 e. The van der Waals surface area contributed by atoms with Gasteiger partial charge in [0.2, 0.25) is 0 Å². The summed E-state index contributed by atoms with van der Waals surface area (Å²) < 4.78 is 67.9. The van der Waals surface area contributed by atoms with Crippen LogP contribution >= 0.6 is 0 Å². The minimum absolute atomic E-state index is 0.224. The Labute approximate surface area is 402 Å². The Hall–Kier alpha value is -9.00. The van der Waals surface area contributed by atoms with Crippen LogP contribution in [-0.2, 0) is 0 Å². The number of nitrogens with zero attached hydrogens (tertiary/aromatic N) is 2. The summed E-state index contributed by atoms with van der Waals surface area (Å²) in [4.78, 5) is 3.31. The number of anilines is 6. The molecule has 334 valence electrons. The van der Waals surface area contributed by atoms with Crippen molar-refractivity contribution in [2.24, 2.45) is 0 Å². The lowest BCUT2D eigenvalue weighted by Gasteiger charge is -2.30. The van der Waals surface area contributed by atoms with Crippen LogP contribution in [0.2, 0.25) is 0 Å². The normalized spacial score (nSPS) is 11.4. The highest BCUT2D eigenvalue weighted by molar-refractivity contribution is 6.28. The second-order valence-electron chi connectivity index (χ2n) is 17.4. The summed E-state index contributed by atoms with van der Waals surface area (Å²) in [6.07, 6.45) is 0.